The number of hydrogen-bond acceptors (Lipinski definition) is 7. The molecule has 0 saturated heterocycles. The van der Waals surface area contributed by atoms with Crippen LogP contribution >= 0.6 is 0 Å². The molecule has 0 bridgehead atoms. The minimum atomic E-state index is -0.801. The number of aromatic nitrogens is 1. The topological polar surface area (TPSA) is 91.0 Å². The molecule has 0 N–H and O–H groups in total. The molecule has 3 saturated carbocycles. The molecule has 1 aromatic heterocycles. The van der Waals surface area contributed by atoms with Gasteiger partial charge in [0.25, 0.3) is 0 Å². The highest BCUT2D eigenvalue weighted by Gasteiger charge is 2.71. The Labute approximate surface area is 225 Å². The quantitative estimate of drug-likeness (QED) is 0.201. The van der Waals surface area contributed by atoms with Gasteiger partial charge in [-0.15, -0.1) is 0 Å². The molecule has 206 valence electrons. The van der Waals surface area contributed by atoms with E-state index in [-0.39, 0.29) is 45.2 Å². The number of nitrogens with zero attached hydrogens (tertiary/aromatic N) is 2. The standard InChI is InChI=1S/C31H42N2O5/c1-26(2)10-12-31(32-18-34)13-11-29(5)24(20(31)16-26)21(35)14-23-27(3)15-19-17-33-37-25(19)30(6,38-36-7)22(27)8-9-28(23,29)4/h14,17,20,22,24H,8-13,15-16H2,1-7H3/t20-,22+,24-,27-,28+,29+,30-,31-/m0/s1. The summed E-state index contributed by atoms with van der Waals surface area (Å²) in [6.45, 7) is 13.7. The lowest BCUT2D eigenvalue weighted by atomic mass is 9.35. The smallest absolute Gasteiger partial charge is 0.235 e. The Morgan fingerprint density at radius 2 is 1.82 bits per heavy atom. The van der Waals surface area contributed by atoms with Crippen molar-refractivity contribution in [3.8, 4) is 0 Å². The highest BCUT2D eigenvalue weighted by atomic mass is 17.2. The van der Waals surface area contributed by atoms with Crippen LogP contribution < -0.4 is 0 Å². The molecular weight excluding hydrogens is 480 g/mol. The van der Waals surface area contributed by atoms with Crippen molar-refractivity contribution in [2.45, 2.75) is 104 Å². The van der Waals surface area contributed by atoms with Gasteiger partial charge in [0, 0.05) is 17.4 Å². The molecule has 1 heterocycles. The van der Waals surface area contributed by atoms with Crippen LogP contribution in [0.4, 0.5) is 0 Å². The summed E-state index contributed by atoms with van der Waals surface area (Å²) in [6, 6.07) is 0. The number of isocyanates is 1. The second kappa shape index (κ2) is 7.99. The fourth-order valence-corrected chi connectivity index (χ4v) is 10.4. The van der Waals surface area contributed by atoms with Crippen molar-refractivity contribution >= 4 is 11.9 Å². The summed E-state index contributed by atoms with van der Waals surface area (Å²) in [6.07, 6.45) is 12.9. The maximum Gasteiger partial charge on any atom is 0.235 e. The van der Waals surface area contributed by atoms with Gasteiger partial charge in [0.05, 0.1) is 18.8 Å². The van der Waals surface area contributed by atoms with Gasteiger partial charge >= 0.3 is 0 Å². The summed E-state index contributed by atoms with van der Waals surface area (Å²) in [5.41, 5.74) is 0.399. The molecule has 8 atom stereocenters. The Hall–Kier alpha value is -2.08. The fourth-order valence-electron chi connectivity index (χ4n) is 10.4. The zero-order valence-electron chi connectivity index (χ0n) is 24.0. The average molecular weight is 523 g/mol. The van der Waals surface area contributed by atoms with Crippen LogP contribution in [0.15, 0.2) is 27.4 Å². The average Bonchev–Trinajstić information content (AvgIpc) is 3.30. The summed E-state index contributed by atoms with van der Waals surface area (Å²) < 4.78 is 5.74. The minimum absolute atomic E-state index is 0.0530. The van der Waals surface area contributed by atoms with Gasteiger partial charge in [-0.05, 0) is 91.9 Å². The number of allylic oxidation sites excluding steroid dienone is 2. The normalized spacial score (nSPS) is 46.9. The molecule has 7 nitrogen and oxygen atoms in total. The fraction of sp³-hybridized carbons (Fsp3) is 0.774. The Morgan fingerprint density at radius 1 is 1.08 bits per heavy atom. The number of carbonyl (C=O) groups is 1. The molecule has 0 aromatic carbocycles. The second-order valence-electron chi connectivity index (χ2n) is 14.7. The summed E-state index contributed by atoms with van der Waals surface area (Å²) in [5, 5.41) is 4.13. The van der Waals surface area contributed by atoms with E-state index < -0.39 is 11.1 Å². The molecule has 5 aliphatic carbocycles. The predicted molar refractivity (Wildman–Crippen MR) is 140 cm³/mol. The number of hydrogen-bond donors (Lipinski definition) is 0. The number of aliphatic imine (C=N–C) groups is 1. The molecule has 0 aliphatic heterocycles. The Kier molecular flexibility index (Phi) is 5.50. The highest BCUT2D eigenvalue weighted by Crippen LogP contribution is 2.74. The molecular formula is C31H42N2O5. The van der Waals surface area contributed by atoms with E-state index in [1.807, 2.05) is 19.1 Å². The summed E-state index contributed by atoms with van der Waals surface area (Å²) >= 11 is 0. The zero-order valence-corrected chi connectivity index (χ0v) is 24.0. The van der Waals surface area contributed by atoms with Crippen LogP contribution in [0.2, 0.25) is 0 Å². The lowest BCUT2D eigenvalue weighted by Gasteiger charge is -2.68. The molecule has 3 fully saturated rings. The Bertz CT molecular complexity index is 1260. The largest absolute Gasteiger partial charge is 0.358 e. The van der Waals surface area contributed by atoms with Crippen molar-refractivity contribution in [2.75, 3.05) is 7.11 Å². The monoisotopic (exact) mass is 522 g/mol. The van der Waals surface area contributed by atoms with Crippen molar-refractivity contribution in [3.05, 3.63) is 29.2 Å². The van der Waals surface area contributed by atoms with E-state index in [9.17, 15) is 9.59 Å². The first-order valence-corrected chi connectivity index (χ1v) is 14.3. The van der Waals surface area contributed by atoms with Gasteiger partial charge in [-0.1, -0.05) is 45.3 Å². The number of ketones is 1. The third kappa shape index (κ3) is 3.10. The van der Waals surface area contributed by atoms with Gasteiger partial charge in [-0.25, -0.2) is 14.6 Å². The predicted octanol–water partition coefficient (Wildman–Crippen LogP) is 6.27. The summed E-state index contributed by atoms with van der Waals surface area (Å²) in [7, 11) is 1.54. The van der Waals surface area contributed by atoms with Crippen molar-refractivity contribution in [1.82, 2.24) is 5.16 Å². The Morgan fingerprint density at radius 3 is 2.53 bits per heavy atom. The minimum Gasteiger partial charge on any atom is -0.358 e. The van der Waals surface area contributed by atoms with Gasteiger partial charge in [0.2, 0.25) is 6.08 Å². The van der Waals surface area contributed by atoms with Crippen LogP contribution in [0.25, 0.3) is 0 Å². The van der Waals surface area contributed by atoms with Crippen molar-refractivity contribution in [2.24, 2.45) is 44.4 Å². The van der Waals surface area contributed by atoms with Crippen molar-refractivity contribution < 1.29 is 23.9 Å². The van der Waals surface area contributed by atoms with E-state index in [2.05, 4.69) is 44.8 Å². The van der Waals surface area contributed by atoms with E-state index in [1.54, 1.807) is 6.20 Å². The van der Waals surface area contributed by atoms with Crippen LogP contribution in [0.1, 0.15) is 97.8 Å². The van der Waals surface area contributed by atoms with E-state index >= 15 is 0 Å². The van der Waals surface area contributed by atoms with Crippen LogP contribution in [-0.2, 0) is 31.4 Å². The molecule has 0 spiro atoms. The van der Waals surface area contributed by atoms with E-state index in [1.165, 1.54) is 12.7 Å². The molecule has 5 aliphatic rings. The zero-order chi connectivity index (χ0) is 27.4. The van der Waals surface area contributed by atoms with Crippen LogP contribution in [0, 0.1) is 39.4 Å². The van der Waals surface area contributed by atoms with Crippen LogP contribution in [-0.4, -0.2) is 29.7 Å². The summed E-state index contributed by atoms with van der Waals surface area (Å²) in [4.78, 5) is 41.9. The number of fused-ring (bicyclic) bond motifs is 8. The first kappa shape index (κ1) is 26.2. The van der Waals surface area contributed by atoms with Gasteiger partial charge in [-0.3, -0.25) is 4.79 Å². The first-order chi connectivity index (χ1) is 17.8. The van der Waals surface area contributed by atoms with Crippen molar-refractivity contribution in [1.29, 1.82) is 0 Å². The van der Waals surface area contributed by atoms with Gasteiger partial charge in [-0.2, -0.15) is 4.99 Å². The van der Waals surface area contributed by atoms with E-state index in [0.717, 1.165) is 62.7 Å². The maximum atomic E-state index is 14.4. The molecule has 0 unspecified atom stereocenters. The second-order valence-corrected chi connectivity index (χ2v) is 14.7. The molecule has 7 heteroatoms. The van der Waals surface area contributed by atoms with Crippen LogP contribution in [0.5, 0.6) is 0 Å². The Balaban J connectivity index is 1.51. The first-order valence-electron chi connectivity index (χ1n) is 14.3. The SMILES string of the molecule is COO[C@]1(C)c2oncc2C[C@]2(C)C3=CC(=O)[C@@H]4[C@@H]5CC(C)(C)CC[C@]5(N=C=O)CC[C@@]4(C)[C@]3(C)CC[C@H]21. The molecule has 38 heavy (non-hydrogen) atoms. The van der Waals surface area contributed by atoms with Gasteiger partial charge < -0.3 is 4.52 Å². The third-order valence-corrected chi connectivity index (χ3v) is 12.5. The van der Waals surface area contributed by atoms with E-state index in [4.69, 9.17) is 14.3 Å². The lowest BCUT2D eigenvalue weighted by Crippen LogP contribution is -2.66. The molecule has 0 radical (unpaired) electrons. The molecule has 6 rings (SSSR count). The summed E-state index contributed by atoms with van der Waals surface area (Å²) in [5.74, 6) is 0.908. The number of rotatable bonds is 3. The third-order valence-electron chi connectivity index (χ3n) is 12.5. The molecule has 0 amide bonds. The van der Waals surface area contributed by atoms with Gasteiger partial charge in [0.15, 0.2) is 17.1 Å². The van der Waals surface area contributed by atoms with Crippen molar-refractivity contribution in [3.63, 3.8) is 0 Å². The molecule has 1 aromatic rings. The number of carbonyl (C=O) groups excluding carboxylic acids is 2. The van der Waals surface area contributed by atoms with E-state index in [0.29, 0.717) is 0 Å². The highest BCUT2D eigenvalue weighted by molar-refractivity contribution is 5.95. The van der Waals surface area contributed by atoms with Gasteiger partial charge in [0.1, 0.15) is 0 Å². The van der Waals surface area contributed by atoms with Crippen LogP contribution in [0.3, 0.4) is 0 Å². The maximum absolute atomic E-state index is 14.4. The lowest BCUT2D eigenvalue weighted by molar-refractivity contribution is -0.375.